The maximum atomic E-state index is 10.7. The predicted octanol–water partition coefficient (Wildman–Crippen LogP) is -0.315. The summed E-state index contributed by atoms with van der Waals surface area (Å²) < 4.78 is 0. The summed E-state index contributed by atoms with van der Waals surface area (Å²) in [6.45, 7) is -0.431. The molecule has 0 amide bonds. The van der Waals surface area contributed by atoms with Gasteiger partial charge in [-0.2, -0.15) is 10.0 Å². The number of hydrazine groups is 2. The zero-order valence-electron chi connectivity index (χ0n) is 9.02. The summed E-state index contributed by atoms with van der Waals surface area (Å²) in [7, 11) is 5.93. The van der Waals surface area contributed by atoms with Gasteiger partial charge in [0.05, 0.1) is 38.1 Å². The van der Waals surface area contributed by atoms with Gasteiger partial charge < -0.3 is 10.4 Å². The number of hydrogen-bond acceptors (Lipinski definition) is 6. The molecule has 0 atom stereocenters. The van der Waals surface area contributed by atoms with Gasteiger partial charge in [-0.1, -0.05) is 0 Å². The lowest BCUT2D eigenvalue weighted by Gasteiger charge is -2.06. The summed E-state index contributed by atoms with van der Waals surface area (Å²) in [5, 5.41) is 29.8. The summed E-state index contributed by atoms with van der Waals surface area (Å²) in [5.74, 6) is 0. The first-order chi connectivity index (χ1) is 6.95. The molecule has 0 unspecified atom stereocenters. The minimum atomic E-state index is -0.431. The fraction of sp³-hybridized carbons (Fsp3) is 1.00. The van der Waals surface area contributed by atoms with Gasteiger partial charge in [0, 0.05) is 0 Å². The van der Waals surface area contributed by atoms with Crippen LogP contribution in [-0.2, 0) is 9.68 Å². The Morgan fingerprint density at radius 3 is 1.53 bits per heavy atom. The molecule has 0 aliphatic carbocycles. The maximum Gasteiger partial charge on any atom is 0.292 e. The molecule has 0 N–H and O–H groups in total. The van der Waals surface area contributed by atoms with Gasteiger partial charge in [0.1, 0.15) is 0 Å². The summed E-state index contributed by atoms with van der Waals surface area (Å²) in [6, 6.07) is 0. The molecular formula is C5H14N6O4. The summed E-state index contributed by atoms with van der Waals surface area (Å²) in [4.78, 5) is 9.16. The highest BCUT2D eigenvalue weighted by Gasteiger charge is 1.99. The topological polar surface area (TPSA) is 102 Å². The van der Waals surface area contributed by atoms with Crippen LogP contribution in [0.15, 0.2) is 10.6 Å². The summed E-state index contributed by atoms with van der Waals surface area (Å²) in [5.41, 5.74) is 0. The molecule has 0 saturated carbocycles. The monoisotopic (exact) mass is 222 g/mol. The average molecular weight is 222 g/mol. The molecule has 0 aliphatic heterocycles. The Kier molecular flexibility index (Phi) is 5.59. The molecule has 0 aromatic rings. The maximum absolute atomic E-state index is 10.7. The van der Waals surface area contributed by atoms with Crippen LogP contribution in [0.2, 0.25) is 0 Å². The van der Waals surface area contributed by atoms with E-state index in [1.54, 1.807) is 0 Å². The van der Waals surface area contributed by atoms with E-state index >= 15 is 0 Å². The first kappa shape index (κ1) is 13.0. The van der Waals surface area contributed by atoms with Crippen molar-refractivity contribution in [3.8, 4) is 0 Å². The second kappa shape index (κ2) is 6.45. The van der Waals surface area contributed by atoms with Crippen molar-refractivity contribution in [2.45, 2.75) is 0 Å². The first-order valence-electron chi connectivity index (χ1n) is 3.90. The van der Waals surface area contributed by atoms with Crippen LogP contribution < -0.4 is 0 Å². The minimum absolute atomic E-state index is 0.199. The Bertz CT molecular complexity index is 216. The largest absolute Gasteiger partial charge is 0.569 e. The van der Waals surface area contributed by atoms with Crippen LogP contribution in [-0.4, -0.2) is 54.9 Å². The number of rotatable bonds is 6. The average Bonchev–Trinajstić information content (AvgIpc) is 2.16. The van der Waals surface area contributed by atoms with Crippen LogP contribution in [0.4, 0.5) is 0 Å². The smallest absolute Gasteiger partial charge is 0.292 e. The molecule has 88 valence electrons. The third-order valence-electron chi connectivity index (χ3n) is 1.04. The van der Waals surface area contributed by atoms with Crippen LogP contribution in [0.3, 0.4) is 0 Å². The Morgan fingerprint density at radius 2 is 1.27 bits per heavy atom. The second-order valence-corrected chi connectivity index (χ2v) is 2.74. The van der Waals surface area contributed by atoms with Crippen molar-refractivity contribution in [2.75, 3.05) is 35.0 Å². The lowest BCUT2D eigenvalue weighted by molar-refractivity contribution is -0.708. The van der Waals surface area contributed by atoms with Gasteiger partial charge in [-0.25, -0.2) is 0 Å². The van der Waals surface area contributed by atoms with Crippen molar-refractivity contribution in [3.05, 3.63) is 10.4 Å². The van der Waals surface area contributed by atoms with Gasteiger partial charge in [0.15, 0.2) is 0 Å². The van der Waals surface area contributed by atoms with E-state index in [1.807, 2.05) is 0 Å². The van der Waals surface area contributed by atoms with Crippen molar-refractivity contribution in [1.29, 1.82) is 0 Å². The fourth-order valence-corrected chi connectivity index (χ4v) is 0.316. The lowest BCUT2D eigenvalue weighted by Crippen LogP contribution is -2.22. The van der Waals surface area contributed by atoms with Crippen molar-refractivity contribution in [1.82, 2.24) is 10.0 Å². The van der Waals surface area contributed by atoms with Gasteiger partial charge in [0.25, 0.3) is 6.79 Å². The zero-order valence-corrected chi connectivity index (χ0v) is 9.02. The molecule has 0 radical (unpaired) electrons. The van der Waals surface area contributed by atoms with E-state index in [1.165, 1.54) is 28.2 Å². The van der Waals surface area contributed by atoms with Gasteiger partial charge >= 0.3 is 0 Å². The molecule has 0 spiro atoms. The molecule has 0 aromatic carbocycles. The Hall–Kier alpha value is -2.00. The molecule has 0 saturated heterocycles. The third-order valence-corrected chi connectivity index (χ3v) is 1.04. The van der Waals surface area contributed by atoms with Crippen molar-refractivity contribution in [2.24, 2.45) is 10.6 Å². The lowest BCUT2D eigenvalue weighted by atomic mass is 11.2. The third kappa shape index (κ3) is 6.12. The predicted molar refractivity (Wildman–Crippen MR) is 46.5 cm³/mol. The van der Waals surface area contributed by atoms with Crippen molar-refractivity contribution >= 4 is 0 Å². The molecule has 0 heterocycles. The zero-order chi connectivity index (χ0) is 11.8. The fourth-order valence-electron chi connectivity index (χ4n) is 0.316. The van der Waals surface area contributed by atoms with Crippen LogP contribution >= 0.6 is 0 Å². The summed E-state index contributed by atoms with van der Waals surface area (Å²) in [6.07, 6.45) is 0. The van der Waals surface area contributed by atoms with Crippen molar-refractivity contribution in [3.63, 3.8) is 0 Å². The Morgan fingerprint density at radius 1 is 0.933 bits per heavy atom. The van der Waals surface area contributed by atoms with Crippen LogP contribution in [0.1, 0.15) is 0 Å². The molecular weight excluding hydrogens is 208 g/mol. The quantitative estimate of drug-likeness (QED) is 0.201. The summed E-state index contributed by atoms with van der Waals surface area (Å²) >= 11 is 0. The molecule has 0 aromatic heterocycles. The highest BCUT2D eigenvalue weighted by Crippen LogP contribution is 1.86. The highest BCUT2D eigenvalue weighted by atomic mass is 16.8. The van der Waals surface area contributed by atoms with E-state index in [2.05, 4.69) is 20.2 Å². The molecule has 10 nitrogen and oxygen atoms in total. The number of hydrogen-bond donors (Lipinski definition) is 0. The normalized spacial score (nSPS) is 12.3. The highest BCUT2D eigenvalue weighted by molar-refractivity contribution is 4.03. The molecule has 0 fully saturated rings. The van der Waals surface area contributed by atoms with Gasteiger partial charge in [-0.15, -0.1) is 0 Å². The molecule has 0 aliphatic rings. The Labute approximate surface area is 86.6 Å². The van der Waals surface area contributed by atoms with E-state index in [-0.39, 0.29) is 9.94 Å². The first-order valence-corrected chi connectivity index (χ1v) is 3.90. The molecule has 15 heavy (non-hydrogen) atoms. The van der Waals surface area contributed by atoms with E-state index in [4.69, 9.17) is 0 Å². The van der Waals surface area contributed by atoms with E-state index in [0.29, 0.717) is 0 Å². The second-order valence-electron chi connectivity index (χ2n) is 2.74. The molecule has 0 rings (SSSR count). The van der Waals surface area contributed by atoms with E-state index in [9.17, 15) is 10.4 Å². The molecule has 0 bridgehead atoms. The molecule has 10 heteroatoms. The minimum Gasteiger partial charge on any atom is -0.569 e. The van der Waals surface area contributed by atoms with Crippen LogP contribution in [0, 0.1) is 10.4 Å². The van der Waals surface area contributed by atoms with Gasteiger partial charge in [-0.05, 0) is 0 Å². The van der Waals surface area contributed by atoms with Crippen LogP contribution in [0.25, 0.3) is 0 Å². The number of nitrogens with zero attached hydrogens (tertiary/aromatic N) is 6. The van der Waals surface area contributed by atoms with Crippen LogP contribution in [0.5, 0.6) is 0 Å². The van der Waals surface area contributed by atoms with Crippen molar-refractivity contribution < 1.29 is 19.6 Å². The SMILES string of the molecule is CN(C)[N+]([O-])=NOCON=[N+]([O-])N(C)C. The van der Waals surface area contributed by atoms with E-state index in [0.717, 1.165) is 10.0 Å². The van der Waals surface area contributed by atoms with E-state index < -0.39 is 6.79 Å². The standard InChI is InChI=1S/C5H14N6O4/c1-8(2)10(12)6-14-5-15-7-11(13)9(3)4/h5H2,1-4H3. The van der Waals surface area contributed by atoms with Gasteiger partial charge in [0.2, 0.25) is 10.6 Å². The van der Waals surface area contributed by atoms with Gasteiger partial charge in [-0.3, -0.25) is 9.68 Å². The Balaban J connectivity index is 3.73.